The molecular weight excluding hydrogens is 408 g/mol. The number of hydrogen-bond donors (Lipinski definition) is 0. The van der Waals surface area contributed by atoms with Crippen molar-refractivity contribution in [1.29, 1.82) is 0 Å². The lowest BCUT2D eigenvalue weighted by Crippen LogP contribution is -2.30. The third-order valence-electron chi connectivity index (χ3n) is 6.87. The van der Waals surface area contributed by atoms with Gasteiger partial charge in [0.15, 0.2) is 0 Å². The number of imidazole rings is 1. The lowest BCUT2D eigenvalue weighted by Gasteiger charge is -2.30. The van der Waals surface area contributed by atoms with E-state index in [-0.39, 0.29) is 16.2 Å². The van der Waals surface area contributed by atoms with Gasteiger partial charge in [0.1, 0.15) is 17.8 Å². The normalized spacial score (nSPS) is 20.4. The molecule has 0 saturated carbocycles. The Kier molecular flexibility index (Phi) is 4.89. The second-order valence-electron chi connectivity index (χ2n) is 11.4. The van der Waals surface area contributed by atoms with Gasteiger partial charge in [0.2, 0.25) is 0 Å². The molecule has 0 aliphatic heterocycles. The second-order valence-corrected chi connectivity index (χ2v) is 11.4. The van der Waals surface area contributed by atoms with Crippen LogP contribution in [0.4, 0.5) is 0 Å². The van der Waals surface area contributed by atoms with Gasteiger partial charge in [-0.25, -0.2) is 24.9 Å². The molecule has 4 aromatic heterocycles. The average molecular weight is 441 g/mol. The van der Waals surface area contributed by atoms with Crippen LogP contribution < -0.4 is 0 Å². The Balaban J connectivity index is 1.78. The Morgan fingerprint density at radius 3 is 2.36 bits per heavy atom. The van der Waals surface area contributed by atoms with E-state index in [9.17, 15) is 0 Å². The summed E-state index contributed by atoms with van der Waals surface area (Å²) in [4.78, 5) is 23.8. The molecule has 4 aromatic rings. The Morgan fingerprint density at radius 1 is 0.879 bits per heavy atom. The molecule has 0 fully saturated rings. The van der Waals surface area contributed by atoms with Gasteiger partial charge < -0.3 is 4.40 Å². The van der Waals surface area contributed by atoms with Crippen LogP contribution in [0.15, 0.2) is 49.3 Å². The highest BCUT2D eigenvalue weighted by Crippen LogP contribution is 2.40. The van der Waals surface area contributed by atoms with Crippen molar-refractivity contribution in [3.8, 4) is 0 Å². The number of pyridine rings is 1. The zero-order valence-electron chi connectivity index (χ0n) is 20.4. The fraction of sp³-hybridized carbons (Fsp3) is 0.444. The third kappa shape index (κ3) is 3.81. The second kappa shape index (κ2) is 7.44. The van der Waals surface area contributed by atoms with Crippen molar-refractivity contribution in [3.05, 3.63) is 83.3 Å². The summed E-state index contributed by atoms with van der Waals surface area (Å²) in [5.74, 6) is 0.888. The van der Waals surface area contributed by atoms with Crippen molar-refractivity contribution in [2.45, 2.75) is 77.0 Å². The number of fused-ring (bicyclic) bond motifs is 4. The zero-order valence-corrected chi connectivity index (χ0v) is 20.4. The van der Waals surface area contributed by atoms with E-state index in [0.29, 0.717) is 0 Å². The molecule has 0 spiro atoms. The molecule has 6 heteroatoms. The predicted molar refractivity (Wildman–Crippen MR) is 129 cm³/mol. The summed E-state index contributed by atoms with van der Waals surface area (Å²) in [7, 11) is 0. The van der Waals surface area contributed by atoms with Crippen molar-refractivity contribution in [1.82, 2.24) is 29.3 Å². The highest BCUT2D eigenvalue weighted by molar-refractivity contribution is 5.47. The number of nitrogens with zero attached hydrogens (tertiary/aromatic N) is 6. The fourth-order valence-electron chi connectivity index (χ4n) is 5.16. The maximum Gasteiger partial charge on any atom is 0.137 e. The van der Waals surface area contributed by atoms with E-state index in [4.69, 9.17) is 15.0 Å². The molecule has 5 rings (SSSR count). The molecule has 6 nitrogen and oxygen atoms in total. The van der Waals surface area contributed by atoms with Gasteiger partial charge in [0.05, 0.1) is 11.4 Å². The summed E-state index contributed by atoms with van der Waals surface area (Å²) in [6.07, 6.45) is 12.1. The van der Waals surface area contributed by atoms with Crippen LogP contribution in [0, 0.1) is 0 Å². The summed E-state index contributed by atoms with van der Waals surface area (Å²) in [6.45, 7) is 13.4. The first kappa shape index (κ1) is 21.7. The standard InChI is InChI=1S/C27H32N6/c1-25(2,3)24-30-14-18-11-27(6,19-15-28-17-29-16-19)13-21-23(26(4,5)12-20(18)32-24)33-10-8-7-9-22(33)31-21/h7-10,14-17H,11-13H2,1-6H3. The highest BCUT2D eigenvalue weighted by Gasteiger charge is 2.38. The zero-order chi connectivity index (χ0) is 23.4. The van der Waals surface area contributed by atoms with E-state index in [1.54, 1.807) is 6.33 Å². The van der Waals surface area contributed by atoms with Gasteiger partial charge >= 0.3 is 0 Å². The molecule has 0 bridgehead atoms. The number of hydrogen-bond acceptors (Lipinski definition) is 5. The summed E-state index contributed by atoms with van der Waals surface area (Å²) >= 11 is 0. The van der Waals surface area contributed by atoms with Crippen molar-refractivity contribution in [3.63, 3.8) is 0 Å². The highest BCUT2D eigenvalue weighted by atomic mass is 15.0. The number of rotatable bonds is 1. The van der Waals surface area contributed by atoms with Crippen molar-refractivity contribution >= 4 is 5.65 Å². The van der Waals surface area contributed by atoms with Crippen molar-refractivity contribution in [2.75, 3.05) is 0 Å². The SMILES string of the molecule is CC(C)(C)c1ncc2c(n1)CC(C)(C)c1c(nc3ccccn13)CC(C)(c1cncnc1)C2. The van der Waals surface area contributed by atoms with Gasteiger partial charge in [0, 0.05) is 59.6 Å². The first-order valence-electron chi connectivity index (χ1n) is 11.6. The van der Waals surface area contributed by atoms with Crippen LogP contribution in [0.5, 0.6) is 0 Å². The van der Waals surface area contributed by atoms with Gasteiger partial charge in [-0.05, 0) is 29.7 Å². The van der Waals surface area contributed by atoms with Crippen LogP contribution >= 0.6 is 0 Å². The maximum absolute atomic E-state index is 5.15. The lowest BCUT2D eigenvalue weighted by atomic mass is 9.75. The molecule has 1 aliphatic carbocycles. The summed E-state index contributed by atoms with van der Waals surface area (Å²) in [6, 6.07) is 6.22. The molecular formula is C27H32N6. The molecule has 0 saturated heterocycles. The van der Waals surface area contributed by atoms with E-state index in [0.717, 1.165) is 47.7 Å². The monoisotopic (exact) mass is 440 g/mol. The van der Waals surface area contributed by atoms with Crippen LogP contribution in [0.1, 0.15) is 75.6 Å². The molecule has 1 unspecified atom stereocenters. The Morgan fingerprint density at radius 2 is 1.64 bits per heavy atom. The van der Waals surface area contributed by atoms with Crippen LogP contribution in [-0.2, 0) is 35.5 Å². The van der Waals surface area contributed by atoms with Gasteiger partial charge in [-0.1, -0.05) is 47.6 Å². The Bertz CT molecular complexity index is 1320. The van der Waals surface area contributed by atoms with Crippen molar-refractivity contribution in [2.24, 2.45) is 0 Å². The first-order valence-corrected chi connectivity index (χ1v) is 11.6. The topological polar surface area (TPSA) is 68.9 Å². The predicted octanol–water partition coefficient (Wildman–Crippen LogP) is 4.79. The smallest absolute Gasteiger partial charge is 0.137 e. The fourth-order valence-corrected chi connectivity index (χ4v) is 5.16. The minimum absolute atomic E-state index is 0.108. The van der Waals surface area contributed by atoms with Gasteiger partial charge in [-0.3, -0.25) is 0 Å². The van der Waals surface area contributed by atoms with E-state index >= 15 is 0 Å². The van der Waals surface area contributed by atoms with E-state index in [1.807, 2.05) is 12.4 Å². The minimum atomic E-state index is -0.240. The van der Waals surface area contributed by atoms with Crippen molar-refractivity contribution < 1.29 is 0 Å². The first-order chi connectivity index (χ1) is 15.6. The third-order valence-corrected chi connectivity index (χ3v) is 6.87. The van der Waals surface area contributed by atoms with Gasteiger partial charge in [-0.2, -0.15) is 0 Å². The lowest BCUT2D eigenvalue weighted by molar-refractivity contribution is 0.451. The van der Waals surface area contributed by atoms with Crippen LogP contribution in [0.25, 0.3) is 5.65 Å². The quantitative estimate of drug-likeness (QED) is 0.426. The molecule has 1 atom stereocenters. The summed E-state index contributed by atoms with van der Waals surface area (Å²) in [5.41, 5.74) is 6.30. The van der Waals surface area contributed by atoms with E-state index < -0.39 is 0 Å². The molecule has 0 radical (unpaired) electrons. The summed E-state index contributed by atoms with van der Waals surface area (Å²) in [5, 5.41) is 0. The van der Waals surface area contributed by atoms with E-state index in [2.05, 4.69) is 86.5 Å². The van der Waals surface area contributed by atoms with Gasteiger partial charge in [-0.15, -0.1) is 0 Å². The molecule has 4 heterocycles. The average Bonchev–Trinajstić information content (AvgIpc) is 3.13. The minimum Gasteiger partial charge on any atom is -0.303 e. The molecule has 33 heavy (non-hydrogen) atoms. The largest absolute Gasteiger partial charge is 0.303 e. The number of aromatic nitrogens is 6. The van der Waals surface area contributed by atoms with Crippen LogP contribution in [0.3, 0.4) is 0 Å². The molecule has 0 N–H and O–H groups in total. The van der Waals surface area contributed by atoms with Gasteiger partial charge in [0.25, 0.3) is 0 Å². The van der Waals surface area contributed by atoms with Crippen LogP contribution in [0.2, 0.25) is 0 Å². The molecule has 170 valence electrons. The Hall–Kier alpha value is -3.15. The Labute approximate surface area is 195 Å². The summed E-state index contributed by atoms with van der Waals surface area (Å²) < 4.78 is 2.26. The molecule has 0 aromatic carbocycles. The van der Waals surface area contributed by atoms with Crippen LogP contribution in [-0.4, -0.2) is 29.3 Å². The van der Waals surface area contributed by atoms with E-state index in [1.165, 1.54) is 11.3 Å². The molecule has 1 aliphatic rings. The maximum atomic E-state index is 5.15. The molecule has 0 amide bonds.